The quantitative estimate of drug-likeness (QED) is 0.631. The second-order valence-corrected chi connectivity index (χ2v) is 4.07. The number of alkyl halides is 1. The van der Waals surface area contributed by atoms with Crippen LogP contribution in [0.15, 0.2) is 0 Å². The molecule has 0 N–H and O–H groups in total. The lowest BCUT2D eigenvalue weighted by Crippen LogP contribution is -2.25. The highest BCUT2D eigenvalue weighted by molar-refractivity contribution is 6.16. The van der Waals surface area contributed by atoms with Crippen molar-refractivity contribution in [1.29, 1.82) is 0 Å². The van der Waals surface area contributed by atoms with Gasteiger partial charge in [-0.25, -0.2) is 0 Å². The van der Waals surface area contributed by atoms with Gasteiger partial charge in [0.25, 0.3) is 0 Å². The monoisotopic (exact) mass is 187 g/mol. The summed E-state index contributed by atoms with van der Waals surface area (Å²) in [5.41, 5.74) is 0.0117. The topological polar surface area (TPSA) is 30.7 Å². The molecule has 4 heteroatoms. The van der Waals surface area contributed by atoms with Gasteiger partial charge in [0.2, 0.25) is 0 Å². The van der Waals surface area contributed by atoms with Crippen LogP contribution in [0.1, 0.15) is 32.4 Å². The Balaban J connectivity index is 3.19. The van der Waals surface area contributed by atoms with E-state index in [2.05, 4.69) is 35.5 Å². The van der Waals surface area contributed by atoms with Gasteiger partial charge in [-0.1, -0.05) is 0 Å². The van der Waals surface area contributed by atoms with Crippen molar-refractivity contribution in [2.24, 2.45) is 0 Å². The molecule has 1 aromatic rings. The highest BCUT2D eigenvalue weighted by Gasteiger charge is 2.19. The third kappa shape index (κ3) is 1.61. The first-order valence-corrected chi connectivity index (χ1v) is 4.47. The molecule has 12 heavy (non-hydrogen) atoms. The Morgan fingerprint density at radius 3 is 2.25 bits per heavy atom. The first kappa shape index (κ1) is 9.52. The van der Waals surface area contributed by atoms with E-state index in [1.807, 2.05) is 6.92 Å². The van der Waals surface area contributed by atoms with Crippen LogP contribution in [0.25, 0.3) is 0 Å². The standard InChI is InChI=1S/C8H14ClN3/c1-6-10-11-7(5-9)12(6)8(2,3)4/h5H2,1-4H3. The molecular weight excluding hydrogens is 174 g/mol. The Kier molecular flexibility index (Phi) is 2.42. The van der Waals surface area contributed by atoms with Crippen LogP contribution in [-0.4, -0.2) is 14.8 Å². The van der Waals surface area contributed by atoms with Gasteiger partial charge in [0, 0.05) is 5.54 Å². The molecule has 0 aliphatic carbocycles. The van der Waals surface area contributed by atoms with Gasteiger partial charge in [-0.3, -0.25) is 0 Å². The van der Waals surface area contributed by atoms with E-state index in [4.69, 9.17) is 11.6 Å². The van der Waals surface area contributed by atoms with Crippen molar-refractivity contribution < 1.29 is 0 Å². The fourth-order valence-electron chi connectivity index (χ4n) is 1.37. The molecule has 0 saturated carbocycles. The zero-order chi connectivity index (χ0) is 9.35. The second-order valence-electron chi connectivity index (χ2n) is 3.80. The maximum atomic E-state index is 5.73. The summed E-state index contributed by atoms with van der Waals surface area (Å²) < 4.78 is 2.06. The zero-order valence-electron chi connectivity index (χ0n) is 7.93. The maximum absolute atomic E-state index is 5.73. The van der Waals surface area contributed by atoms with Crippen molar-refractivity contribution in [3.63, 3.8) is 0 Å². The third-order valence-electron chi connectivity index (χ3n) is 1.68. The molecule has 0 saturated heterocycles. The van der Waals surface area contributed by atoms with Crippen molar-refractivity contribution in [3.05, 3.63) is 11.6 Å². The fourth-order valence-corrected chi connectivity index (χ4v) is 1.54. The largest absolute Gasteiger partial charge is 0.309 e. The van der Waals surface area contributed by atoms with E-state index in [1.54, 1.807) is 0 Å². The molecule has 0 aliphatic heterocycles. The number of aromatic nitrogens is 3. The summed E-state index contributed by atoms with van der Waals surface area (Å²) in [4.78, 5) is 0. The summed E-state index contributed by atoms with van der Waals surface area (Å²) in [5, 5.41) is 7.96. The molecular formula is C8H14ClN3. The highest BCUT2D eigenvalue weighted by Crippen LogP contribution is 2.18. The second kappa shape index (κ2) is 3.05. The number of halogens is 1. The molecule has 0 bridgehead atoms. The van der Waals surface area contributed by atoms with Crippen LogP contribution in [0, 0.1) is 6.92 Å². The van der Waals surface area contributed by atoms with Crippen LogP contribution in [-0.2, 0) is 11.4 Å². The summed E-state index contributed by atoms with van der Waals surface area (Å²) >= 11 is 5.73. The van der Waals surface area contributed by atoms with E-state index in [-0.39, 0.29) is 5.54 Å². The summed E-state index contributed by atoms with van der Waals surface area (Å²) in [6, 6.07) is 0. The van der Waals surface area contributed by atoms with Gasteiger partial charge in [0.05, 0.1) is 5.88 Å². The summed E-state index contributed by atoms with van der Waals surface area (Å²) in [7, 11) is 0. The average Bonchev–Trinajstić information content (AvgIpc) is 2.29. The molecule has 3 nitrogen and oxygen atoms in total. The molecule has 0 unspecified atom stereocenters. The van der Waals surface area contributed by atoms with E-state index < -0.39 is 0 Å². The van der Waals surface area contributed by atoms with Crippen molar-refractivity contribution in [3.8, 4) is 0 Å². The van der Waals surface area contributed by atoms with Crippen LogP contribution in [0.2, 0.25) is 0 Å². The van der Waals surface area contributed by atoms with E-state index in [1.165, 1.54) is 0 Å². The number of nitrogens with zero attached hydrogens (tertiary/aromatic N) is 3. The number of hydrogen-bond acceptors (Lipinski definition) is 2. The van der Waals surface area contributed by atoms with Crippen molar-refractivity contribution in [1.82, 2.24) is 14.8 Å². The van der Waals surface area contributed by atoms with Gasteiger partial charge in [0.1, 0.15) is 11.6 Å². The van der Waals surface area contributed by atoms with Gasteiger partial charge in [-0.15, -0.1) is 21.8 Å². The highest BCUT2D eigenvalue weighted by atomic mass is 35.5. The SMILES string of the molecule is Cc1nnc(CCl)n1C(C)(C)C. The molecule has 0 fully saturated rings. The van der Waals surface area contributed by atoms with Gasteiger partial charge in [-0.05, 0) is 27.7 Å². The van der Waals surface area contributed by atoms with E-state index in [0.29, 0.717) is 5.88 Å². The predicted molar refractivity (Wildman–Crippen MR) is 49.3 cm³/mol. The third-order valence-corrected chi connectivity index (χ3v) is 1.92. The molecule has 1 heterocycles. The minimum absolute atomic E-state index is 0.0117. The van der Waals surface area contributed by atoms with Crippen molar-refractivity contribution in [2.45, 2.75) is 39.1 Å². The molecule has 68 valence electrons. The van der Waals surface area contributed by atoms with Crippen LogP contribution in [0.4, 0.5) is 0 Å². The number of rotatable bonds is 1. The molecule has 0 radical (unpaired) electrons. The van der Waals surface area contributed by atoms with Gasteiger partial charge >= 0.3 is 0 Å². The minimum atomic E-state index is 0.0117. The molecule has 1 aromatic heterocycles. The summed E-state index contributed by atoms with van der Waals surface area (Å²) in [6.45, 7) is 8.27. The van der Waals surface area contributed by atoms with E-state index in [9.17, 15) is 0 Å². The lowest BCUT2D eigenvalue weighted by Gasteiger charge is -2.23. The molecule has 0 aliphatic rings. The summed E-state index contributed by atoms with van der Waals surface area (Å²) in [5.74, 6) is 2.16. The van der Waals surface area contributed by atoms with E-state index in [0.717, 1.165) is 11.6 Å². The molecule has 0 atom stereocenters. The average molecular weight is 188 g/mol. The minimum Gasteiger partial charge on any atom is -0.309 e. The summed E-state index contributed by atoms with van der Waals surface area (Å²) in [6.07, 6.45) is 0. The smallest absolute Gasteiger partial charge is 0.148 e. The van der Waals surface area contributed by atoms with Gasteiger partial charge in [0.15, 0.2) is 0 Å². The lowest BCUT2D eigenvalue weighted by molar-refractivity contribution is 0.378. The fraction of sp³-hybridized carbons (Fsp3) is 0.750. The van der Waals surface area contributed by atoms with Gasteiger partial charge < -0.3 is 4.57 Å². The Morgan fingerprint density at radius 1 is 1.33 bits per heavy atom. The first-order chi connectivity index (χ1) is 5.46. The molecule has 0 amide bonds. The Labute approximate surface area is 77.8 Å². The Morgan fingerprint density at radius 2 is 1.92 bits per heavy atom. The van der Waals surface area contributed by atoms with Crippen LogP contribution < -0.4 is 0 Å². The maximum Gasteiger partial charge on any atom is 0.148 e. The van der Waals surface area contributed by atoms with Crippen LogP contribution in [0.3, 0.4) is 0 Å². The zero-order valence-corrected chi connectivity index (χ0v) is 8.68. The molecule has 0 aromatic carbocycles. The van der Waals surface area contributed by atoms with Crippen LogP contribution in [0.5, 0.6) is 0 Å². The Hall–Kier alpha value is -0.570. The molecule has 1 rings (SSSR count). The number of aryl methyl sites for hydroxylation is 1. The number of hydrogen-bond donors (Lipinski definition) is 0. The normalized spacial score (nSPS) is 12.1. The Bertz CT molecular complexity index is 272. The first-order valence-electron chi connectivity index (χ1n) is 3.94. The van der Waals surface area contributed by atoms with Gasteiger partial charge in [-0.2, -0.15) is 0 Å². The molecule has 0 spiro atoms. The van der Waals surface area contributed by atoms with Crippen molar-refractivity contribution in [2.75, 3.05) is 0 Å². The van der Waals surface area contributed by atoms with Crippen molar-refractivity contribution >= 4 is 11.6 Å². The van der Waals surface area contributed by atoms with E-state index >= 15 is 0 Å². The lowest BCUT2D eigenvalue weighted by atomic mass is 10.1. The van der Waals surface area contributed by atoms with Crippen LogP contribution >= 0.6 is 11.6 Å². The predicted octanol–water partition coefficient (Wildman–Crippen LogP) is 2.08.